The molecule has 0 radical (unpaired) electrons. The first kappa shape index (κ1) is 15.2. The van der Waals surface area contributed by atoms with Crippen molar-refractivity contribution in [2.24, 2.45) is 0 Å². The van der Waals surface area contributed by atoms with Crippen LogP contribution in [0.5, 0.6) is 0 Å². The molecular formula is C18H19N3O2. The molecule has 2 heterocycles. The minimum Gasteiger partial charge on any atom is -0.383 e. The lowest BCUT2D eigenvalue weighted by atomic mass is 10.1. The Labute approximate surface area is 134 Å². The highest BCUT2D eigenvalue weighted by Crippen LogP contribution is 2.24. The summed E-state index contributed by atoms with van der Waals surface area (Å²) < 4.78 is 6.82. The van der Waals surface area contributed by atoms with E-state index in [1.54, 1.807) is 7.11 Å². The van der Waals surface area contributed by atoms with Gasteiger partial charge in [0.05, 0.1) is 6.61 Å². The van der Waals surface area contributed by atoms with Gasteiger partial charge in [-0.05, 0) is 24.6 Å². The molecule has 2 aromatic heterocycles. The van der Waals surface area contributed by atoms with Crippen molar-refractivity contribution in [3.05, 3.63) is 59.9 Å². The van der Waals surface area contributed by atoms with Crippen LogP contribution >= 0.6 is 0 Å². The van der Waals surface area contributed by atoms with Crippen LogP contribution in [0.2, 0.25) is 0 Å². The number of carbonyl (C=O) groups excluding carboxylic acids is 1. The van der Waals surface area contributed by atoms with Crippen LogP contribution in [0.1, 0.15) is 16.1 Å². The second kappa shape index (κ2) is 6.62. The first-order valence-corrected chi connectivity index (χ1v) is 7.52. The van der Waals surface area contributed by atoms with Gasteiger partial charge in [0.2, 0.25) is 0 Å². The summed E-state index contributed by atoms with van der Waals surface area (Å²) in [5.41, 5.74) is 4.02. The Morgan fingerprint density at radius 3 is 2.78 bits per heavy atom. The average molecular weight is 309 g/mol. The molecule has 118 valence electrons. The van der Waals surface area contributed by atoms with E-state index >= 15 is 0 Å². The summed E-state index contributed by atoms with van der Waals surface area (Å²) >= 11 is 0. The van der Waals surface area contributed by atoms with E-state index in [0.717, 1.165) is 16.8 Å². The van der Waals surface area contributed by atoms with Crippen molar-refractivity contribution in [2.75, 3.05) is 20.3 Å². The first-order chi connectivity index (χ1) is 11.2. The Bertz CT molecular complexity index is 825. The maximum atomic E-state index is 12.6. The Hall–Kier alpha value is -2.66. The number of methoxy groups -OCH3 is 1. The number of aromatic nitrogens is 2. The summed E-state index contributed by atoms with van der Waals surface area (Å²) in [6.07, 6.45) is 1.88. The fraction of sp³-hybridized carbons (Fsp3) is 0.222. The minimum atomic E-state index is -0.155. The third-order valence-electron chi connectivity index (χ3n) is 3.64. The third kappa shape index (κ3) is 3.10. The van der Waals surface area contributed by atoms with Crippen molar-refractivity contribution in [3.63, 3.8) is 0 Å². The van der Waals surface area contributed by atoms with Crippen LogP contribution in [-0.2, 0) is 4.74 Å². The molecule has 0 aliphatic rings. The van der Waals surface area contributed by atoms with E-state index < -0.39 is 0 Å². The summed E-state index contributed by atoms with van der Waals surface area (Å²) in [6, 6.07) is 13.7. The van der Waals surface area contributed by atoms with E-state index in [1.165, 1.54) is 0 Å². The lowest BCUT2D eigenvalue weighted by molar-refractivity contribution is 0.0932. The van der Waals surface area contributed by atoms with Crippen molar-refractivity contribution in [3.8, 4) is 11.3 Å². The number of rotatable bonds is 5. The summed E-state index contributed by atoms with van der Waals surface area (Å²) in [5, 5.41) is 2.88. The molecule has 5 heteroatoms. The molecule has 0 spiro atoms. The number of aryl methyl sites for hydroxylation is 1. The third-order valence-corrected chi connectivity index (χ3v) is 3.64. The van der Waals surface area contributed by atoms with Gasteiger partial charge in [0.15, 0.2) is 0 Å². The number of benzene rings is 1. The molecule has 1 N–H and O–H groups in total. The lowest BCUT2D eigenvalue weighted by Crippen LogP contribution is -2.28. The maximum Gasteiger partial charge on any atom is 0.270 e. The molecule has 3 rings (SSSR count). The maximum absolute atomic E-state index is 12.6. The van der Waals surface area contributed by atoms with Crippen LogP contribution in [0.15, 0.2) is 48.7 Å². The SMILES string of the molecule is COCCNC(=O)c1c(-c2ccccc2)nc2cc(C)ccn12. The van der Waals surface area contributed by atoms with E-state index in [4.69, 9.17) is 4.74 Å². The molecule has 0 saturated heterocycles. The van der Waals surface area contributed by atoms with Gasteiger partial charge in [-0.1, -0.05) is 30.3 Å². The molecule has 0 unspecified atom stereocenters. The first-order valence-electron chi connectivity index (χ1n) is 7.52. The van der Waals surface area contributed by atoms with Crippen LogP contribution in [0.3, 0.4) is 0 Å². The molecule has 1 amide bonds. The number of pyridine rings is 1. The number of carbonyl (C=O) groups is 1. The fourth-order valence-electron chi connectivity index (χ4n) is 2.51. The van der Waals surface area contributed by atoms with Crippen LogP contribution in [0.25, 0.3) is 16.9 Å². The predicted molar refractivity (Wildman–Crippen MR) is 89.6 cm³/mol. The zero-order valence-electron chi connectivity index (χ0n) is 13.2. The number of ether oxygens (including phenoxy) is 1. The number of fused-ring (bicyclic) bond motifs is 1. The van der Waals surface area contributed by atoms with Gasteiger partial charge < -0.3 is 10.1 Å². The van der Waals surface area contributed by atoms with Crippen LogP contribution in [0, 0.1) is 6.92 Å². The van der Waals surface area contributed by atoms with Crippen molar-refractivity contribution in [1.82, 2.24) is 14.7 Å². The molecule has 3 aromatic rings. The lowest BCUT2D eigenvalue weighted by Gasteiger charge is -2.07. The Kier molecular flexibility index (Phi) is 4.39. The van der Waals surface area contributed by atoms with Gasteiger partial charge in [-0.25, -0.2) is 4.98 Å². The fourth-order valence-corrected chi connectivity index (χ4v) is 2.51. The average Bonchev–Trinajstić information content (AvgIpc) is 2.94. The molecule has 5 nitrogen and oxygen atoms in total. The van der Waals surface area contributed by atoms with Crippen molar-refractivity contribution in [2.45, 2.75) is 6.92 Å². The number of amides is 1. The van der Waals surface area contributed by atoms with E-state index in [2.05, 4.69) is 10.3 Å². The van der Waals surface area contributed by atoms with Gasteiger partial charge in [0.25, 0.3) is 5.91 Å². The molecule has 0 atom stereocenters. The van der Waals surface area contributed by atoms with Crippen molar-refractivity contribution in [1.29, 1.82) is 0 Å². The smallest absolute Gasteiger partial charge is 0.270 e. The molecule has 0 saturated carbocycles. The number of nitrogens with one attached hydrogen (secondary N) is 1. The molecular weight excluding hydrogens is 290 g/mol. The topological polar surface area (TPSA) is 55.6 Å². The Morgan fingerprint density at radius 2 is 2.04 bits per heavy atom. The van der Waals surface area contributed by atoms with Crippen LogP contribution in [-0.4, -0.2) is 35.6 Å². The van der Waals surface area contributed by atoms with E-state index in [1.807, 2.05) is 60.0 Å². The highest BCUT2D eigenvalue weighted by molar-refractivity contribution is 5.99. The zero-order valence-corrected chi connectivity index (χ0v) is 13.2. The molecule has 1 aromatic carbocycles. The molecule has 0 fully saturated rings. The second-order valence-electron chi connectivity index (χ2n) is 5.36. The number of nitrogens with zero attached hydrogens (tertiary/aromatic N) is 2. The van der Waals surface area contributed by atoms with Gasteiger partial charge in [0, 0.05) is 25.4 Å². The zero-order chi connectivity index (χ0) is 16.2. The van der Waals surface area contributed by atoms with Gasteiger partial charge in [-0.15, -0.1) is 0 Å². The van der Waals surface area contributed by atoms with E-state index in [9.17, 15) is 4.79 Å². The van der Waals surface area contributed by atoms with Crippen LogP contribution < -0.4 is 5.32 Å². The largest absolute Gasteiger partial charge is 0.383 e. The van der Waals surface area contributed by atoms with Gasteiger partial charge >= 0.3 is 0 Å². The van der Waals surface area contributed by atoms with Crippen LogP contribution in [0.4, 0.5) is 0 Å². The predicted octanol–water partition coefficient (Wildman–Crippen LogP) is 2.69. The molecule has 0 aliphatic carbocycles. The summed E-state index contributed by atoms with van der Waals surface area (Å²) in [4.78, 5) is 17.3. The Morgan fingerprint density at radius 1 is 1.26 bits per heavy atom. The molecule has 0 bridgehead atoms. The normalized spacial score (nSPS) is 10.9. The quantitative estimate of drug-likeness (QED) is 0.737. The van der Waals surface area contributed by atoms with Crippen molar-refractivity contribution >= 4 is 11.6 Å². The minimum absolute atomic E-state index is 0.155. The second-order valence-corrected chi connectivity index (χ2v) is 5.36. The number of hydrogen-bond donors (Lipinski definition) is 1. The standard InChI is InChI=1S/C18H19N3O2/c1-13-8-10-21-15(12-13)20-16(14-6-4-3-5-7-14)17(21)18(22)19-9-11-23-2/h3-8,10,12H,9,11H2,1-2H3,(H,19,22). The number of imidazole rings is 1. The summed E-state index contributed by atoms with van der Waals surface area (Å²) in [6.45, 7) is 2.94. The number of hydrogen-bond acceptors (Lipinski definition) is 3. The van der Waals surface area contributed by atoms with Gasteiger partial charge in [-0.2, -0.15) is 0 Å². The molecule has 23 heavy (non-hydrogen) atoms. The monoisotopic (exact) mass is 309 g/mol. The highest BCUT2D eigenvalue weighted by Gasteiger charge is 2.20. The van der Waals surface area contributed by atoms with E-state index in [0.29, 0.717) is 24.5 Å². The summed E-state index contributed by atoms with van der Waals surface area (Å²) in [5.74, 6) is -0.155. The van der Waals surface area contributed by atoms with E-state index in [-0.39, 0.29) is 5.91 Å². The van der Waals surface area contributed by atoms with Gasteiger partial charge in [0.1, 0.15) is 17.0 Å². The summed E-state index contributed by atoms with van der Waals surface area (Å²) in [7, 11) is 1.61. The molecule has 0 aliphatic heterocycles. The van der Waals surface area contributed by atoms with Crippen molar-refractivity contribution < 1.29 is 9.53 Å². The van der Waals surface area contributed by atoms with Gasteiger partial charge in [-0.3, -0.25) is 9.20 Å². The Balaban J connectivity index is 2.10. The highest BCUT2D eigenvalue weighted by atomic mass is 16.5.